The molecule has 0 amide bonds. The monoisotopic (exact) mass is 247 g/mol. The third-order valence-electron chi connectivity index (χ3n) is 3.11. The average molecular weight is 248 g/mol. The van der Waals surface area contributed by atoms with E-state index in [4.69, 9.17) is 11.6 Å². The van der Waals surface area contributed by atoms with Gasteiger partial charge in [0.1, 0.15) is 5.82 Å². The molecular formula is C14H11ClFN. The molecule has 1 aliphatic rings. The van der Waals surface area contributed by atoms with Gasteiger partial charge in [-0.25, -0.2) is 4.39 Å². The van der Waals surface area contributed by atoms with Crippen molar-refractivity contribution in [1.82, 2.24) is 0 Å². The van der Waals surface area contributed by atoms with Gasteiger partial charge in [-0.15, -0.1) is 0 Å². The van der Waals surface area contributed by atoms with Crippen LogP contribution in [0.4, 0.5) is 15.8 Å². The standard InChI is InChI=1S/C14H11ClFN/c15-13-2-1-3-14-12(13)8-9-17(14)11-6-4-10(16)5-7-11/h1-7H,8-9H2. The second kappa shape index (κ2) is 4.04. The number of hydrogen-bond donors (Lipinski definition) is 0. The molecule has 1 heterocycles. The van der Waals surface area contributed by atoms with E-state index < -0.39 is 0 Å². The minimum atomic E-state index is -0.209. The highest BCUT2D eigenvalue weighted by Gasteiger charge is 2.21. The SMILES string of the molecule is Fc1ccc(N2CCc3c(Cl)cccc32)cc1. The Labute approximate surface area is 104 Å². The molecule has 3 rings (SSSR count). The van der Waals surface area contributed by atoms with Gasteiger partial charge in [0.05, 0.1) is 0 Å². The lowest BCUT2D eigenvalue weighted by molar-refractivity contribution is 0.628. The first-order chi connectivity index (χ1) is 8.25. The van der Waals surface area contributed by atoms with Crippen molar-refractivity contribution in [2.24, 2.45) is 0 Å². The first-order valence-electron chi connectivity index (χ1n) is 5.56. The van der Waals surface area contributed by atoms with Crippen LogP contribution in [0.2, 0.25) is 5.02 Å². The van der Waals surface area contributed by atoms with Crippen molar-refractivity contribution >= 4 is 23.0 Å². The van der Waals surface area contributed by atoms with Crippen LogP contribution in [0.15, 0.2) is 42.5 Å². The zero-order valence-corrected chi connectivity index (χ0v) is 9.91. The Morgan fingerprint density at radius 1 is 1.06 bits per heavy atom. The Morgan fingerprint density at radius 3 is 2.59 bits per heavy atom. The van der Waals surface area contributed by atoms with Crippen molar-refractivity contribution in [2.45, 2.75) is 6.42 Å². The van der Waals surface area contributed by atoms with Crippen molar-refractivity contribution in [3.63, 3.8) is 0 Å². The van der Waals surface area contributed by atoms with Crippen LogP contribution in [-0.4, -0.2) is 6.54 Å². The molecule has 0 bridgehead atoms. The molecule has 2 aromatic rings. The Bertz CT molecular complexity index is 551. The normalized spacial score (nSPS) is 13.9. The predicted octanol–water partition coefficient (Wildman–Crippen LogP) is 4.17. The van der Waals surface area contributed by atoms with E-state index in [9.17, 15) is 4.39 Å². The molecule has 86 valence electrons. The number of anilines is 2. The summed E-state index contributed by atoms with van der Waals surface area (Å²) in [6, 6.07) is 12.5. The van der Waals surface area contributed by atoms with Gasteiger partial charge >= 0.3 is 0 Å². The molecule has 0 N–H and O–H groups in total. The summed E-state index contributed by atoms with van der Waals surface area (Å²) in [5.41, 5.74) is 3.31. The summed E-state index contributed by atoms with van der Waals surface area (Å²) in [6.45, 7) is 0.894. The largest absolute Gasteiger partial charge is 0.341 e. The number of benzene rings is 2. The third-order valence-corrected chi connectivity index (χ3v) is 3.46. The molecule has 0 aliphatic carbocycles. The molecule has 2 aromatic carbocycles. The summed E-state index contributed by atoms with van der Waals surface area (Å²) in [6.07, 6.45) is 0.937. The van der Waals surface area contributed by atoms with E-state index >= 15 is 0 Å². The molecule has 0 aromatic heterocycles. The number of hydrogen-bond acceptors (Lipinski definition) is 1. The van der Waals surface area contributed by atoms with Gasteiger partial charge < -0.3 is 4.90 Å². The summed E-state index contributed by atoms with van der Waals surface area (Å²) in [5, 5.41) is 0.812. The zero-order valence-electron chi connectivity index (χ0n) is 9.16. The van der Waals surface area contributed by atoms with Crippen LogP contribution in [0.1, 0.15) is 5.56 Å². The number of rotatable bonds is 1. The van der Waals surface area contributed by atoms with Crippen LogP contribution in [0.25, 0.3) is 0 Å². The van der Waals surface area contributed by atoms with Crippen LogP contribution in [-0.2, 0) is 6.42 Å². The van der Waals surface area contributed by atoms with E-state index in [1.807, 2.05) is 12.1 Å². The first-order valence-corrected chi connectivity index (χ1v) is 5.94. The molecule has 0 saturated carbocycles. The molecule has 3 heteroatoms. The molecule has 0 atom stereocenters. The summed E-state index contributed by atoms with van der Waals surface area (Å²) >= 11 is 6.16. The van der Waals surface area contributed by atoms with Crippen LogP contribution < -0.4 is 4.90 Å². The van der Waals surface area contributed by atoms with E-state index in [1.165, 1.54) is 17.7 Å². The third kappa shape index (κ3) is 1.79. The highest BCUT2D eigenvalue weighted by molar-refractivity contribution is 6.31. The van der Waals surface area contributed by atoms with E-state index in [1.54, 1.807) is 12.1 Å². The summed E-state index contributed by atoms with van der Waals surface area (Å²) in [7, 11) is 0. The summed E-state index contributed by atoms with van der Waals surface area (Å²) in [4.78, 5) is 2.17. The highest BCUT2D eigenvalue weighted by atomic mass is 35.5. The lowest BCUT2D eigenvalue weighted by atomic mass is 10.2. The number of fused-ring (bicyclic) bond motifs is 1. The maximum Gasteiger partial charge on any atom is 0.123 e. The van der Waals surface area contributed by atoms with Crippen LogP contribution in [0.3, 0.4) is 0 Å². The summed E-state index contributed by atoms with van der Waals surface area (Å²) in [5.74, 6) is -0.209. The van der Waals surface area contributed by atoms with E-state index in [0.717, 1.165) is 29.4 Å². The van der Waals surface area contributed by atoms with E-state index in [2.05, 4.69) is 11.0 Å². The van der Waals surface area contributed by atoms with Crippen molar-refractivity contribution < 1.29 is 4.39 Å². The molecule has 0 saturated heterocycles. The lowest BCUT2D eigenvalue weighted by Crippen LogP contribution is -2.12. The van der Waals surface area contributed by atoms with Gasteiger partial charge in [0.25, 0.3) is 0 Å². The topological polar surface area (TPSA) is 3.24 Å². The maximum absolute atomic E-state index is 12.9. The fourth-order valence-electron chi connectivity index (χ4n) is 2.28. The van der Waals surface area contributed by atoms with Crippen molar-refractivity contribution in [3.8, 4) is 0 Å². The Kier molecular flexibility index (Phi) is 2.52. The second-order valence-electron chi connectivity index (χ2n) is 4.12. The van der Waals surface area contributed by atoms with Gasteiger partial charge in [-0.1, -0.05) is 17.7 Å². The molecule has 0 radical (unpaired) electrons. The molecule has 0 spiro atoms. The molecule has 0 unspecified atom stereocenters. The maximum atomic E-state index is 12.9. The fourth-order valence-corrected chi connectivity index (χ4v) is 2.54. The van der Waals surface area contributed by atoms with E-state index in [0.29, 0.717) is 0 Å². The molecule has 1 nitrogen and oxygen atoms in total. The second-order valence-corrected chi connectivity index (χ2v) is 4.52. The Balaban J connectivity index is 2.04. The molecular weight excluding hydrogens is 237 g/mol. The van der Waals surface area contributed by atoms with Gasteiger partial charge in [0.15, 0.2) is 0 Å². The van der Waals surface area contributed by atoms with Crippen LogP contribution >= 0.6 is 11.6 Å². The van der Waals surface area contributed by atoms with Crippen LogP contribution in [0, 0.1) is 5.82 Å². The predicted molar refractivity (Wildman–Crippen MR) is 68.6 cm³/mol. The fraction of sp³-hybridized carbons (Fsp3) is 0.143. The quantitative estimate of drug-likeness (QED) is 0.731. The molecule has 17 heavy (non-hydrogen) atoms. The number of halogens is 2. The minimum absolute atomic E-state index is 0.209. The van der Waals surface area contributed by atoms with Gasteiger partial charge in [0.2, 0.25) is 0 Å². The van der Waals surface area contributed by atoms with Crippen molar-refractivity contribution in [1.29, 1.82) is 0 Å². The van der Waals surface area contributed by atoms with E-state index in [-0.39, 0.29) is 5.82 Å². The zero-order chi connectivity index (χ0) is 11.8. The minimum Gasteiger partial charge on any atom is -0.341 e. The van der Waals surface area contributed by atoms with Crippen LogP contribution in [0.5, 0.6) is 0 Å². The highest BCUT2D eigenvalue weighted by Crippen LogP contribution is 2.37. The van der Waals surface area contributed by atoms with Crippen molar-refractivity contribution in [3.05, 3.63) is 58.9 Å². The molecule has 0 fully saturated rings. The number of nitrogens with zero attached hydrogens (tertiary/aromatic N) is 1. The average Bonchev–Trinajstić information content (AvgIpc) is 2.75. The van der Waals surface area contributed by atoms with Gasteiger partial charge in [-0.3, -0.25) is 0 Å². The smallest absolute Gasteiger partial charge is 0.123 e. The van der Waals surface area contributed by atoms with Gasteiger partial charge in [0, 0.05) is 22.9 Å². The Hall–Kier alpha value is -1.54. The van der Waals surface area contributed by atoms with Gasteiger partial charge in [-0.05, 0) is 48.4 Å². The van der Waals surface area contributed by atoms with Gasteiger partial charge in [-0.2, -0.15) is 0 Å². The lowest BCUT2D eigenvalue weighted by Gasteiger charge is -2.19. The molecule has 1 aliphatic heterocycles. The Morgan fingerprint density at radius 2 is 1.82 bits per heavy atom. The first kappa shape index (κ1) is 10.6. The summed E-state index contributed by atoms with van der Waals surface area (Å²) < 4.78 is 12.9. The van der Waals surface area contributed by atoms with Crippen molar-refractivity contribution in [2.75, 3.05) is 11.4 Å².